The summed E-state index contributed by atoms with van der Waals surface area (Å²) in [5.74, 6) is 0. The van der Waals surface area contributed by atoms with Crippen molar-refractivity contribution in [1.29, 1.82) is 0 Å². The molecule has 0 fully saturated rings. The topological polar surface area (TPSA) is 21.7 Å². The van der Waals surface area contributed by atoms with Crippen LogP contribution in [0.25, 0.3) is 5.57 Å². The molecule has 0 amide bonds. The van der Waals surface area contributed by atoms with Crippen molar-refractivity contribution in [2.24, 2.45) is 0 Å². The Bertz CT molecular complexity index is 368. The van der Waals surface area contributed by atoms with Crippen LogP contribution in [-0.2, 0) is 9.47 Å². The molecule has 1 rings (SSSR count). The third-order valence-electron chi connectivity index (χ3n) is 3.42. The van der Waals surface area contributed by atoms with E-state index in [0.29, 0.717) is 0 Å². The van der Waals surface area contributed by atoms with Crippen molar-refractivity contribution in [2.75, 3.05) is 46.1 Å². The smallest absolute Gasteiger partial charge is 0.0593 e. The van der Waals surface area contributed by atoms with Crippen molar-refractivity contribution in [3.05, 3.63) is 42.5 Å². The van der Waals surface area contributed by atoms with E-state index in [4.69, 9.17) is 9.47 Å². The van der Waals surface area contributed by atoms with Crippen molar-refractivity contribution in [3.8, 4) is 0 Å². The predicted octanol–water partition coefficient (Wildman–Crippen LogP) is 3.46. The molecule has 0 N–H and O–H groups in total. The molecule has 3 heteroatoms. The molecular weight excluding hydrogens is 262 g/mol. The van der Waals surface area contributed by atoms with E-state index < -0.39 is 0 Å². The molecule has 1 aromatic carbocycles. The van der Waals surface area contributed by atoms with Crippen molar-refractivity contribution in [2.45, 2.75) is 20.3 Å². The van der Waals surface area contributed by atoms with Gasteiger partial charge in [0.15, 0.2) is 0 Å². The summed E-state index contributed by atoms with van der Waals surface area (Å²) in [5.41, 5.74) is 2.42. The van der Waals surface area contributed by atoms with Gasteiger partial charge in [-0.25, -0.2) is 0 Å². The zero-order chi connectivity index (χ0) is 15.3. The number of nitrogens with zero attached hydrogens (tertiary/aromatic N) is 1. The van der Waals surface area contributed by atoms with Crippen LogP contribution in [0.15, 0.2) is 36.9 Å². The molecule has 0 unspecified atom stereocenters. The van der Waals surface area contributed by atoms with Gasteiger partial charge in [0.05, 0.1) is 13.2 Å². The van der Waals surface area contributed by atoms with E-state index >= 15 is 0 Å². The largest absolute Gasteiger partial charge is 0.380 e. The van der Waals surface area contributed by atoms with E-state index in [0.717, 1.165) is 52.5 Å². The van der Waals surface area contributed by atoms with Crippen LogP contribution in [0.4, 0.5) is 0 Å². The van der Waals surface area contributed by atoms with E-state index in [2.05, 4.69) is 35.7 Å². The first kappa shape index (κ1) is 17.9. The Hall–Kier alpha value is -1.16. The molecule has 0 spiro atoms. The molecule has 0 aliphatic carbocycles. The zero-order valence-corrected chi connectivity index (χ0v) is 13.5. The normalized spacial score (nSPS) is 11.0. The fourth-order valence-corrected chi connectivity index (χ4v) is 2.12. The number of benzene rings is 1. The first-order valence-electron chi connectivity index (χ1n) is 7.89. The van der Waals surface area contributed by atoms with E-state index in [9.17, 15) is 0 Å². The van der Waals surface area contributed by atoms with Gasteiger partial charge in [0, 0.05) is 32.8 Å². The second-order valence-corrected chi connectivity index (χ2v) is 4.96. The summed E-state index contributed by atoms with van der Waals surface area (Å²) < 4.78 is 10.9. The molecular formula is C18H29NO2. The molecule has 0 aliphatic rings. The van der Waals surface area contributed by atoms with Gasteiger partial charge in [-0.05, 0) is 31.4 Å². The summed E-state index contributed by atoms with van der Waals surface area (Å²) in [6, 6.07) is 10.4. The summed E-state index contributed by atoms with van der Waals surface area (Å²) in [6.07, 6.45) is 0.974. The van der Waals surface area contributed by atoms with Crippen molar-refractivity contribution in [1.82, 2.24) is 4.90 Å². The Morgan fingerprint density at radius 3 is 2.05 bits per heavy atom. The highest BCUT2D eigenvalue weighted by atomic mass is 16.5. The maximum absolute atomic E-state index is 5.46. The van der Waals surface area contributed by atoms with E-state index in [1.54, 1.807) is 0 Å². The monoisotopic (exact) mass is 291 g/mol. The molecule has 0 heterocycles. The Morgan fingerprint density at radius 1 is 0.952 bits per heavy atom. The van der Waals surface area contributed by atoms with Gasteiger partial charge in [-0.3, -0.25) is 4.90 Å². The van der Waals surface area contributed by atoms with Crippen LogP contribution in [0.2, 0.25) is 0 Å². The Labute approximate surface area is 129 Å². The van der Waals surface area contributed by atoms with Gasteiger partial charge >= 0.3 is 0 Å². The molecule has 0 aliphatic heterocycles. The van der Waals surface area contributed by atoms with Crippen LogP contribution in [0.5, 0.6) is 0 Å². The van der Waals surface area contributed by atoms with E-state index in [-0.39, 0.29) is 0 Å². The van der Waals surface area contributed by atoms with Gasteiger partial charge < -0.3 is 9.47 Å². The fraction of sp³-hybridized carbons (Fsp3) is 0.556. The molecule has 0 saturated heterocycles. The number of rotatable bonds is 12. The summed E-state index contributed by atoms with van der Waals surface area (Å²) in [5, 5.41) is 0. The van der Waals surface area contributed by atoms with Crippen LogP contribution < -0.4 is 0 Å². The average molecular weight is 291 g/mol. The Balaban J connectivity index is 2.37. The van der Waals surface area contributed by atoms with Gasteiger partial charge in [-0.15, -0.1) is 0 Å². The zero-order valence-electron chi connectivity index (χ0n) is 13.5. The van der Waals surface area contributed by atoms with Gasteiger partial charge in [-0.1, -0.05) is 36.9 Å². The minimum absolute atomic E-state index is 0.774. The summed E-state index contributed by atoms with van der Waals surface area (Å²) in [6.45, 7) is 14.3. The highest BCUT2D eigenvalue weighted by Crippen LogP contribution is 2.15. The molecule has 0 atom stereocenters. The third-order valence-corrected chi connectivity index (χ3v) is 3.42. The second-order valence-electron chi connectivity index (χ2n) is 4.96. The molecule has 21 heavy (non-hydrogen) atoms. The van der Waals surface area contributed by atoms with Gasteiger partial charge in [0.2, 0.25) is 0 Å². The first-order chi connectivity index (χ1) is 10.3. The maximum Gasteiger partial charge on any atom is 0.0593 e. The minimum atomic E-state index is 0.774. The summed E-state index contributed by atoms with van der Waals surface area (Å²) >= 11 is 0. The number of hydrogen-bond donors (Lipinski definition) is 0. The number of ether oxygens (including phenoxy) is 2. The second kappa shape index (κ2) is 11.5. The molecule has 1 aromatic rings. The molecule has 0 radical (unpaired) electrons. The minimum Gasteiger partial charge on any atom is -0.380 e. The lowest BCUT2D eigenvalue weighted by molar-refractivity contribution is 0.0838. The summed E-state index contributed by atoms with van der Waals surface area (Å²) in [4.78, 5) is 2.39. The number of hydrogen-bond acceptors (Lipinski definition) is 3. The van der Waals surface area contributed by atoms with Crippen molar-refractivity contribution >= 4 is 5.57 Å². The first-order valence-corrected chi connectivity index (χ1v) is 7.89. The molecule has 118 valence electrons. The van der Waals surface area contributed by atoms with Crippen LogP contribution in [0, 0.1) is 0 Å². The van der Waals surface area contributed by atoms with Crippen LogP contribution in [-0.4, -0.2) is 51.0 Å². The predicted molar refractivity (Wildman–Crippen MR) is 89.5 cm³/mol. The Morgan fingerprint density at radius 2 is 1.52 bits per heavy atom. The van der Waals surface area contributed by atoms with Crippen LogP contribution in [0.1, 0.15) is 25.8 Å². The quantitative estimate of drug-likeness (QED) is 0.550. The molecule has 0 bridgehead atoms. The maximum atomic E-state index is 5.46. The van der Waals surface area contributed by atoms with Crippen LogP contribution >= 0.6 is 0 Å². The SMILES string of the molecule is C=C(CCN(CCOCC)CCOCC)c1ccccc1. The van der Waals surface area contributed by atoms with Crippen LogP contribution in [0.3, 0.4) is 0 Å². The average Bonchev–Trinajstić information content (AvgIpc) is 2.53. The molecule has 3 nitrogen and oxygen atoms in total. The lowest BCUT2D eigenvalue weighted by Crippen LogP contribution is -2.32. The van der Waals surface area contributed by atoms with Crippen molar-refractivity contribution < 1.29 is 9.47 Å². The molecule has 0 aromatic heterocycles. The highest BCUT2D eigenvalue weighted by molar-refractivity contribution is 5.63. The van der Waals surface area contributed by atoms with Gasteiger partial charge in [0.1, 0.15) is 0 Å². The molecule has 0 saturated carbocycles. The van der Waals surface area contributed by atoms with Crippen molar-refractivity contribution in [3.63, 3.8) is 0 Å². The third kappa shape index (κ3) is 8.00. The standard InChI is InChI=1S/C18H29NO2/c1-4-20-15-13-19(14-16-21-5-2)12-11-17(3)18-9-7-6-8-10-18/h6-10H,3-5,11-16H2,1-2H3. The highest BCUT2D eigenvalue weighted by Gasteiger charge is 2.06. The Kier molecular flexibility index (Phi) is 9.79. The summed E-state index contributed by atoms with van der Waals surface area (Å²) in [7, 11) is 0. The van der Waals surface area contributed by atoms with E-state index in [1.807, 2.05) is 19.9 Å². The van der Waals surface area contributed by atoms with Gasteiger partial charge in [-0.2, -0.15) is 0 Å². The lowest BCUT2D eigenvalue weighted by atomic mass is 10.0. The lowest BCUT2D eigenvalue weighted by Gasteiger charge is -2.22. The van der Waals surface area contributed by atoms with E-state index in [1.165, 1.54) is 11.1 Å². The van der Waals surface area contributed by atoms with Gasteiger partial charge in [0.25, 0.3) is 0 Å². The fourth-order valence-electron chi connectivity index (χ4n) is 2.12.